The molecule has 0 aromatic rings. The summed E-state index contributed by atoms with van der Waals surface area (Å²) in [4.78, 5) is 104. The van der Waals surface area contributed by atoms with Crippen molar-refractivity contribution >= 4 is 47.4 Å². The van der Waals surface area contributed by atoms with Gasteiger partial charge in [-0.05, 0) is 60.5 Å². The van der Waals surface area contributed by atoms with Gasteiger partial charge in [-0.2, -0.15) is 0 Å². The fourth-order valence-electron chi connectivity index (χ4n) is 15.0. The average Bonchev–Trinajstić information content (AvgIpc) is 3.77. The lowest BCUT2D eigenvalue weighted by molar-refractivity contribution is -0.264. The van der Waals surface area contributed by atoms with Crippen LogP contribution in [0.3, 0.4) is 0 Å². The van der Waals surface area contributed by atoms with Gasteiger partial charge in [0.15, 0.2) is 22.4 Å². The Balaban J connectivity index is 0.000000154. The van der Waals surface area contributed by atoms with Crippen molar-refractivity contribution in [1.29, 1.82) is 0 Å². The van der Waals surface area contributed by atoms with E-state index >= 15 is 0 Å². The van der Waals surface area contributed by atoms with Gasteiger partial charge in [0.25, 0.3) is 0 Å². The van der Waals surface area contributed by atoms with E-state index in [1.54, 1.807) is 0 Å². The van der Waals surface area contributed by atoms with Gasteiger partial charge in [0.1, 0.15) is 37.6 Å². The summed E-state index contributed by atoms with van der Waals surface area (Å²) >= 11 is 0. The number of rotatable bonds is 2. The van der Waals surface area contributed by atoms with E-state index in [4.69, 9.17) is 28.4 Å². The number of hydrogen-bond donors (Lipinski definition) is 2. The fourth-order valence-corrected chi connectivity index (χ4v) is 15.0. The molecule has 16 nitrogen and oxygen atoms in total. The summed E-state index contributed by atoms with van der Waals surface area (Å²) in [7, 11) is 0. The van der Waals surface area contributed by atoms with Gasteiger partial charge in [0.05, 0.1) is 34.9 Å². The number of esters is 6. The number of aliphatic hydroxyl groups excluding tert-OH is 2. The molecule has 0 aromatic carbocycles. The van der Waals surface area contributed by atoms with Gasteiger partial charge < -0.3 is 38.6 Å². The molecule has 4 saturated heterocycles. The third-order valence-corrected chi connectivity index (χ3v) is 16.9. The van der Waals surface area contributed by atoms with E-state index < -0.39 is 152 Å². The first kappa shape index (κ1) is 40.9. The van der Waals surface area contributed by atoms with Gasteiger partial charge in [0, 0.05) is 37.5 Å². The second kappa shape index (κ2) is 12.6. The zero-order chi connectivity index (χ0) is 43.6. The summed E-state index contributed by atoms with van der Waals surface area (Å²) < 4.78 is 33.9. The van der Waals surface area contributed by atoms with Crippen LogP contribution in [0.5, 0.6) is 0 Å². The molecule has 4 spiro atoms. The number of aliphatic hydroxyl groups is 2. The SMILES string of the molecule is C=C1C(=O)[C@@]23C(=O)O[C@H]4CCC(C)(C)[C@H]5C(=O)OC[C@@]45[C@@H]2[C@H](O)C[C@@H]1[C@H]3OC(C)=O.C=C1C(=O)[C@@]23C(=O)O[C@H]4CCC(C)(C)[C@H]5C(=O)OC[C@@]45[C@@H]2[C@H](O)C[C@@H]1[C@H]3OC(C)=O. The van der Waals surface area contributed by atoms with Crippen LogP contribution in [0.25, 0.3) is 0 Å². The van der Waals surface area contributed by atoms with Crippen molar-refractivity contribution < 1.29 is 77.0 Å². The quantitative estimate of drug-likeness (QED) is 0.175. The highest BCUT2D eigenvalue weighted by Gasteiger charge is 2.85. The molecular weight excluding hydrogens is 784 g/mol. The number of carbonyl (C=O) groups is 8. The molecule has 10 fully saturated rings. The maximum Gasteiger partial charge on any atom is 0.324 e. The highest BCUT2D eigenvalue weighted by Crippen LogP contribution is 2.73. The van der Waals surface area contributed by atoms with Gasteiger partial charge >= 0.3 is 35.8 Å². The van der Waals surface area contributed by atoms with Gasteiger partial charge in [0.2, 0.25) is 0 Å². The third kappa shape index (κ3) is 4.59. The molecule has 0 unspecified atom stereocenters. The second-order valence-electron chi connectivity index (χ2n) is 20.4. The van der Waals surface area contributed by atoms with Crippen molar-refractivity contribution in [2.24, 2.45) is 68.0 Å². The van der Waals surface area contributed by atoms with E-state index in [1.165, 1.54) is 13.8 Å². The van der Waals surface area contributed by atoms with Crippen LogP contribution in [0.4, 0.5) is 0 Å². The van der Waals surface area contributed by atoms with Gasteiger partial charge in [-0.3, -0.25) is 38.4 Å². The summed E-state index contributed by atoms with van der Waals surface area (Å²) in [6.45, 7) is 17.9. The zero-order valence-electron chi connectivity index (χ0n) is 34.6. The van der Waals surface area contributed by atoms with Crippen LogP contribution < -0.4 is 0 Å². The first-order valence-corrected chi connectivity index (χ1v) is 20.9. The van der Waals surface area contributed by atoms with Crippen LogP contribution in [-0.4, -0.2) is 107 Å². The lowest BCUT2D eigenvalue weighted by Gasteiger charge is -2.62. The van der Waals surface area contributed by atoms with Crippen molar-refractivity contribution in [3.05, 3.63) is 24.3 Å². The summed E-state index contributed by atoms with van der Waals surface area (Å²) in [5, 5.41) is 22.6. The van der Waals surface area contributed by atoms with Crippen LogP contribution in [0, 0.1) is 68.0 Å². The topological polar surface area (TPSA) is 232 Å². The number of ketones is 2. The second-order valence-corrected chi connectivity index (χ2v) is 20.4. The summed E-state index contributed by atoms with van der Waals surface area (Å²) in [5.41, 5.74) is -6.55. The molecule has 4 heterocycles. The molecule has 0 radical (unpaired) electrons. The lowest BCUT2D eigenvalue weighted by atomic mass is 9.43. The first-order chi connectivity index (χ1) is 28.0. The Labute approximate surface area is 346 Å². The summed E-state index contributed by atoms with van der Waals surface area (Å²) in [6, 6.07) is 0. The fraction of sp³-hybridized carbons (Fsp3) is 0.727. The highest BCUT2D eigenvalue weighted by molar-refractivity contribution is 6.17. The monoisotopic (exact) mass is 836 g/mol. The van der Waals surface area contributed by atoms with Crippen LogP contribution in [-0.2, 0) is 66.8 Å². The standard InChI is InChI=1S/2C22H26O8/c2*1-9-11-7-12(24)14-21-8-28-18(26)15(21)20(3,4)6-5-13(21)30-19(27)22(14,16(9)25)17(11)29-10(2)23/h2*11-15,17,24H,1,5-8H2,2-4H3/t2*11-,12+,13-,14-,15+,17+,21-,22-/m00/s1. The molecule has 6 aliphatic carbocycles. The molecule has 10 aliphatic rings. The van der Waals surface area contributed by atoms with Crippen molar-refractivity contribution in [2.45, 2.75) is 117 Å². The maximum atomic E-state index is 13.6. The Morgan fingerprint density at radius 1 is 0.633 bits per heavy atom. The van der Waals surface area contributed by atoms with E-state index in [0.717, 1.165) is 0 Å². The normalized spacial score (nSPS) is 48.3. The van der Waals surface area contributed by atoms with E-state index in [-0.39, 0.29) is 37.2 Å². The van der Waals surface area contributed by atoms with E-state index in [9.17, 15) is 48.6 Å². The largest absolute Gasteiger partial charge is 0.465 e. The molecule has 16 heteroatoms. The number of fused-ring (bicyclic) bond motifs is 2. The molecule has 4 bridgehead atoms. The van der Waals surface area contributed by atoms with Crippen LogP contribution in [0.1, 0.15) is 80.1 Å². The van der Waals surface area contributed by atoms with Crippen LogP contribution >= 0.6 is 0 Å². The van der Waals surface area contributed by atoms with E-state index in [1.807, 2.05) is 27.7 Å². The molecule has 10 rings (SSSR count). The Morgan fingerprint density at radius 2 is 0.983 bits per heavy atom. The molecule has 16 atom stereocenters. The molecule has 0 aromatic heterocycles. The molecular formula is C44H52O16. The molecule has 0 amide bonds. The lowest BCUT2D eigenvalue weighted by Crippen LogP contribution is -2.73. The summed E-state index contributed by atoms with van der Waals surface area (Å²) in [5.74, 6) is -9.31. The Bertz CT molecular complexity index is 1960. The molecule has 4 aliphatic heterocycles. The van der Waals surface area contributed by atoms with Gasteiger partial charge in [-0.15, -0.1) is 0 Å². The Kier molecular flexibility index (Phi) is 8.58. The predicted octanol–water partition coefficient (Wildman–Crippen LogP) is 1.89. The van der Waals surface area contributed by atoms with E-state index in [0.29, 0.717) is 25.7 Å². The molecule has 6 saturated carbocycles. The summed E-state index contributed by atoms with van der Waals surface area (Å²) in [6.07, 6.45) is -3.12. The number of cyclic esters (lactones) is 2. The minimum atomic E-state index is -1.90. The first-order valence-electron chi connectivity index (χ1n) is 20.9. The number of hydrogen-bond acceptors (Lipinski definition) is 16. The van der Waals surface area contributed by atoms with Gasteiger partial charge in [-0.25, -0.2) is 0 Å². The minimum absolute atomic E-state index is 0.0431. The maximum absolute atomic E-state index is 13.6. The minimum Gasteiger partial charge on any atom is -0.465 e. The smallest absolute Gasteiger partial charge is 0.324 e. The van der Waals surface area contributed by atoms with Crippen molar-refractivity contribution in [1.82, 2.24) is 0 Å². The number of carbonyl (C=O) groups excluding carboxylic acids is 8. The van der Waals surface area contributed by atoms with Gasteiger partial charge in [-0.1, -0.05) is 40.9 Å². The Morgan fingerprint density at radius 3 is 1.32 bits per heavy atom. The van der Waals surface area contributed by atoms with Crippen LogP contribution in [0.2, 0.25) is 0 Å². The van der Waals surface area contributed by atoms with E-state index in [2.05, 4.69) is 13.2 Å². The van der Waals surface area contributed by atoms with Crippen LogP contribution in [0.15, 0.2) is 24.3 Å². The van der Waals surface area contributed by atoms with Crippen molar-refractivity contribution in [3.8, 4) is 0 Å². The number of ether oxygens (including phenoxy) is 6. The molecule has 60 heavy (non-hydrogen) atoms. The number of Topliss-reactive ketones (excluding diaryl/α,β-unsaturated/α-hetero) is 2. The van der Waals surface area contributed by atoms with Crippen molar-refractivity contribution in [3.63, 3.8) is 0 Å². The predicted molar refractivity (Wildman–Crippen MR) is 199 cm³/mol. The highest BCUT2D eigenvalue weighted by atomic mass is 16.6. The third-order valence-electron chi connectivity index (χ3n) is 16.9. The average molecular weight is 837 g/mol. The van der Waals surface area contributed by atoms with Crippen molar-refractivity contribution in [2.75, 3.05) is 13.2 Å². The zero-order valence-corrected chi connectivity index (χ0v) is 34.6. The molecule has 324 valence electrons. The Hall–Kier alpha value is -4.44. The molecule has 2 N–H and O–H groups in total.